The van der Waals surface area contributed by atoms with Crippen molar-refractivity contribution in [1.29, 1.82) is 0 Å². The van der Waals surface area contributed by atoms with Crippen molar-refractivity contribution in [2.75, 3.05) is 11.1 Å². The van der Waals surface area contributed by atoms with Crippen LogP contribution in [0.25, 0.3) is 0 Å². The van der Waals surface area contributed by atoms with Crippen LogP contribution < -0.4 is 11.1 Å². The Morgan fingerprint density at radius 2 is 2.00 bits per heavy atom. The minimum absolute atomic E-state index is 0.0673. The molecule has 4 heteroatoms. The summed E-state index contributed by atoms with van der Waals surface area (Å²) in [4.78, 5) is 10.9. The van der Waals surface area contributed by atoms with Crippen molar-refractivity contribution in [2.24, 2.45) is 5.41 Å². The van der Waals surface area contributed by atoms with Crippen molar-refractivity contribution < 1.29 is 9.90 Å². The first-order valence-electron chi connectivity index (χ1n) is 5.63. The zero-order chi connectivity index (χ0) is 13.1. The van der Waals surface area contributed by atoms with E-state index in [1.165, 1.54) is 0 Å². The molecule has 0 fully saturated rings. The van der Waals surface area contributed by atoms with Crippen LogP contribution in [0.4, 0.5) is 11.4 Å². The third kappa shape index (κ3) is 3.98. The fourth-order valence-corrected chi connectivity index (χ4v) is 1.56. The summed E-state index contributed by atoms with van der Waals surface area (Å²) in [7, 11) is 0. The van der Waals surface area contributed by atoms with Crippen LogP contribution in [0, 0.1) is 5.41 Å². The Morgan fingerprint density at radius 1 is 1.41 bits per heavy atom. The standard InChI is InChI=1S/C13H20N2O2/c1-13(2,3)11(8-12(16)17)15-10-7-5-4-6-9(10)14/h4-7,11,15H,8,14H2,1-3H3,(H,16,17)/t11-/m0/s1. The van der Waals surface area contributed by atoms with E-state index in [1.54, 1.807) is 6.07 Å². The molecule has 0 bridgehead atoms. The van der Waals surface area contributed by atoms with E-state index >= 15 is 0 Å². The van der Waals surface area contributed by atoms with Crippen LogP contribution in [-0.4, -0.2) is 17.1 Å². The molecule has 4 N–H and O–H groups in total. The third-order valence-corrected chi connectivity index (χ3v) is 2.71. The molecule has 94 valence electrons. The fraction of sp³-hybridized carbons (Fsp3) is 0.462. The van der Waals surface area contributed by atoms with E-state index in [4.69, 9.17) is 10.8 Å². The van der Waals surface area contributed by atoms with Gasteiger partial charge in [-0.25, -0.2) is 0 Å². The molecule has 0 saturated carbocycles. The molecule has 1 atom stereocenters. The van der Waals surface area contributed by atoms with E-state index in [9.17, 15) is 4.79 Å². The minimum Gasteiger partial charge on any atom is -0.481 e. The van der Waals surface area contributed by atoms with Gasteiger partial charge in [0.15, 0.2) is 0 Å². The van der Waals surface area contributed by atoms with Crippen molar-refractivity contribution in [3.63, 3.8) is 0 Å². The van der Waals surface area contributed by atoms with Gasteiger partial charge in [-0.05, 0) is 17.5 Å². The molecule has 0 unspecified atom stereocenters. The van der Waals surface area contributed by atoms with Gasteiger partial charge in [0.25, 0.3) is 0 Å². The molecular formula is C13H20N2O2. The number of nitrogens with two attached hydrogens (primary N) is 1. The number of carbonyl (C=O) groups is 1. The van der Waals surface area contributed by atoms with Gasteiger partial charge in [-0.3, -0.25) is 4.79 Å². The van der Waals surface area contributed by atoms with Gasteiger partial charge >= 0.3 is 5.97 Å². The van der Waals surface area contributed by atoms with Crippen LogP contribution in [0.2, 0.25) is 0 Å². The number of nitrogens with one attached hydrogen (secondary N) is 1. The van der Waals surface area contributed by atoms with Crippen LogP contribution in [0.15, 0.2) is 24.3 Å². The number of nitrogen functional groups attached to an aromatic ring is 1. The zero-order valence-electron chi connectivity index (χ0n) is 10.5. The van der Waals surface area contributed by atoms with E-state index in [-0.39, 0.29) is 17.9 Å². The van der Waals surface area contributed by atoms with Gasteiger partial charge in [0.05, 0.1) is 17.8 Å². The van der Waals surface area contributed by atoms with Crippen LogP contribution in [0.5, 0.6) is 0 Å². The van der Waals surface area contributed by atoms with E-state index in [2.05, 4.69) is 5.32 Å². The average molecular weight is 236 g/mol. The Bertz CT molecular complexity index is 397. The Hall–Kier alpha value is -1.71. The molecule has 0 aliphatic heterocycles. The van der Waals surface area contributed by atoms with E-state index in [0.717, 1.165) is 5.69 Å². The van der Waals surface area contributed by atoms with Crippen molar-refractivity contribution >= 4 is 17.3 Å². The maximum Gasteiger partial charge on any atom is 0.305 e. The fourth-order valence-electron chi connectivity index (χ4n) is 1.56. The van der Waals surface area contributed by atoms with Crippen molar-refractivity contribution in [3.8, 4) is 0 Å². The number of para-hydroxylation sites is 2. The molecule has 1 rings (SSSR count). The summed E-state index contributed by atoms with van der Waals surface area (Å²) in [5.41, 5.74) is 7.10. The number of anilines is 2. The van der Waals surface area contributed by atoms with Crippen LogP contribution >= 0.6 is 0 Å². The molecule has 1 aromatic carbocycles. The van der Waals surface area contributed by atoms with Crippen LogP contribution in [0.3, 0.4) is 0 Å². The number of benzene rings is 1. The largest absolute Gasteiger partial charge is 0.481 e. The number of carboxylic acids is 1. The molecule has 0 aliphatic rings. The van der Waals surface area contributed by atoms with Crippen LogP contribution in [0.1, 0.15) is 27.2 Å². The first-order valence-corrected chi connectivity index (χ1v) is 5.63. The maximum absolute atomic E-state index is 10.9. The molecule has 0 saturated heterocycles. The number of rotatable bonds is 4. The van der Waals surface area contributed by atoms with Crippen molar-refractivity contribution in [2.45, 2.75) is 33.2 Å². The van der Waals surface area contributed by atoms with E-state index < -0.39 is 5.97 Å². The summed E-state index contributed by atoms with van der Waals surface area (Å²) >= 11 is 0. The zero-order valence-corrected chi connectivity index (χ0v) is 10.5. The van der Waals surface area contributed by atoms with Crippen molar-refractivity contribution in [1.82, 2.24) is 0 Å². The average Bonchev–Trinajstić information content (AvgIpc) is 2.18. The van der Waals surface area contributed by atoms with Gasteiger partial charge in [-0.1, -0.05) is 32.9 Å². The highest BCUT2D eigenvalue weighted by Crippen LogP contribution is 2.27. The van der Waals surface area contributed by atoms with Gasteiger partial charge in [0.1, 0.15) is 0 Å². The highest BCUT2D eigenvalue weighted by molar-refractivity contribution is 5.70. The Kier molecular flexibility index (Phi) is 3.99. The molecule has 4 nitrogen and oxygen atoms in total. The number of carboxylic acid groups (broad SMARTS) is 1. The molecule has 0 radical (unpaired) electrons. The van der Waals surface area contributed by atoms with E-state index in [1.807, 2.05) is 39.0 Å². The summed E-state index contributed by atoms with van der Waals surface area (Å²) in [6.45, 7) is 6.02. The summed E-state index contributed by atoms with van der Waals surface area (Å²) in [5.74, 6) is -0.813. The monoisotopic (exact) mass is 236 g/mol. The van der Waals surface area contributed by atoms with Crippen molar-refractivity contribution in [3.05, 3.63) is 24.3 Å². The molecule has 0 spiro atoms. The molecule has 17 heavy (non-hydrogen) atoms. The molecule has 0 aliphatic carbocycles. The molecule has 0 amide bonds. The normalized spacial score (nSPS) is 13.1. The predicted octanol–water partition coefficient (Wildman–Crippen LogP) is 2.57. The Morgan fingerprint density at radius 3 is 2.47 bits per heavy atom. The first-order chi connectivity index (χ1) is 7.80. The Balaban J connectivity index is 2.87. The molecule has 0 heterocycles. The quantitative estimate of drug-likeness (QED) is 0.702. The van der Waals surface area contributed by atoms with E-state index in [0.29, 0.717) is 5.69 Å². The molecular weight excluding hydrogens is 216 g/mol. The van der Waals surface area contributed by atoms with Crippen LogP contribution in [-0.2, 0) is 4.79 Å². The van der Waals surface area contributed by atoms with Gasteiger partial charge in [0, 0.05) is 6.04 Å². The van der Waals surface area contributed by atoms with Gasteiger partial charge < -0.3 is 16.2 Å². The second-order valence-electron chi connectivity index (χ2n) is 5.25. The van der Waals surface area contributed by atoms with Gasteiger partial charge in [0.2, 0.25) is 0 Å². The number of hydrogen-bond acceptors (Lipinski definition) is 3. The second kappa shape index (κ2) is 5.08. The summed E-state index contributed by atoms with van der Waals surface area (Å²) in [6.07, 6.45) is 0.0673. The SMILES string of the molecule is CC(C)(C)[C@H](CC(=O)O)Nc1ccccc1N. The predicted molar refractivity (Wildman–Crippen MR) is 70.0 cm³/mol. The summed E-state index contributed by atoms with van der Waals surface area (Å²) in [5, 5.41) is 12.1. The Labute approximate surface area is 102 Å². The number of hydrogen-bond donors (Lipinski definition) is 3. The van der Waals surface area contributed by atoms with Gasteiger partial charge in [-0.15, -0.1) is 0 Å². The summed E-state index contributed by atoms with van der Waals surface area (Å²) < 4.78 is 0. The highest BCUT2D eigenvalue weighted by atomic mass is 16.4. The molecule has 0 aromatic heterocycles. The summed E-state index contributed by atoms with van der Waals surface area (Å²) in [6, 6.07) is 7.21. The lowest BCUT2D eigenvalue weighted by molar-refractivity contribution is -0.137. The first kappa shape index (κ1) is 13.4. The second-order valence-corrected chi connectivity index (χ2v) is 5.25. The highest BCUT2D eigenvalue weighted by Gasteiger charge is 2.27. The minimum atomic E-state index is -0.813. The molecule has 1 aromatic rings. The van der Waals surface area contributed by atoms with Gasteiger partial charge in [-0.2, -0.15) is 0 Å². The maximum atomic E-state index is 10.9. The lowest BCUT2D eigenvalue weighted by Gasteiger charge is -2.31. The lowest BCUT2D eigenvalue weighted by atomic mass is 9.84. The number of aliphatic carboxylic acids is 1. The smallest absolute Gasteiger partial charge is 0.305 e. The lowest BCUT2D eigenvalue weighted by Crippen LogP contribution is -2.36. The third-order valence-electron chi connectivity index (χ3n) is 2.71. The topological polar surface area (TPSA) is 75.3 Å².